The van der Waals surface area contributed by atoms with Crippen molar-refractivity contribution in [3.8, 4) is 0 Å². The largest absolute Gasteiger partial charge is 0.379 e. The summed E-state index contributed by atoms with van der Waals surface area (Å²) < 4.78 is 32.4. The van der Waals surface area contributed by atoms with Crippen LogP contribution in [0.5, 0.6) is 0 Å². The smallest absolute Gasteiger partial charge is 0.243 e. The summed E-state index contributed by atoms with van der Waals surface area (Å²) in [6, 6.07) is 6.86. The number of sulfonamides is 1. The summed E-state index contributed by atoms with van der Waals surface area (Å²) in [5.41, 5.74) is 0.615. The first-order valence-corrected chi connectivity index (χ1v) is 10.1. The molecule has 25 heavy (non-hydrogen) atoms. The highest BCUT2D eigenvalue weighted by atomic mass is 32.2. The van der Waals surface area contributed by atoms with E-state index >= 15 is 0 Å². The molecule has 6 nitrogen and oxygen atoms in total. The van der Waals surface area contributed by atoms with Gasteiger partial charge in [-0.25, -0.2) is 8.42 Å². The molecule has 1 saturated heterocycles. The van der Waals surface area contributed by atoms with Crippen LogP contribution in [0.25, 0.3) is 0 Å². The van der Waals surface area contributed by atoms with Crippen molar-refractivity contribution in [3.63, 3.8) is 0 Å². The number of nitrogens with zero attached hydrogens (tertiary/aromatic N) is 1. The lowest BCUT2D eigenvalue weighted by molar-refractivity contribution is -0.121. The monoisotopic (exact) mass is 364 g/mol. The molecule has 0 bridgehead atoms. The van der Waals surface area contributed by atoms with Crippen LogP contribution < -0.4 is 5.32 Å². The van der Waals surface area contributed by atoms with Crippen LogP contribution in [-0.4, -0.2) is 44.9 Å². The van der Waals surface area contributed by atoms with Crippen molar-refractivity contribution >= 4 is 15.9 Å². The average molecular weight is 364 g/mol. The van der Waals surface area contributed by atoms with Crippen LogP contribution in [0.3, 0.4) is 0 Å². The minimum atomic E-state index is -3.57. The fraction of sp³-hybridized carbons (Fsp3) is 0.500. The predicted molar refractivity (Wildman–Crippen MR) is 94.3 cm³/mol. The van der Waals surface area contributed by atoms with Crippen LogP contribution in [-0.2, 0) is 26.1 Å². The van der Waals surface area contributed by atoms with Gasteiger partial charge in [-0.3, -0.25) is 4.79 Å². The fourth-order valence-electron chi connectivity index (χ4n) is 3.20. The molecule has 0 unspecified atom stereocenters. The first-order valence-electron chi connectivity index (χ1n) is 8.66. The van der Waals surface area contributed by atoms with Gasteiger partial charge in [0.25, 0.3) is 0 Å². The van der Waals surface area contributed by atoms with Crippen LogP contribution in [0, 0.1) is 5.92 Å². The van der Waals surface area contributed by atoms with E-state index in [-0.39, 0.29) is 17.3 Å². The van der Waals surface area contributed by atoms with Crippen LogP contribution in [0.4, 0.5) is 0 Å². The lowest BCUT2D eigenvalue weighted by atomic mass is 10.1. The minimum absolute atomic E-state index is 0.0462. The Hall–Kier alpha value is -1.70. The van der Waals surface area contributed by atoms with Gasteiger partial charge >= 0.3 is 0 Å². The van der Waals surface area contributed by atoms with Gasteiger partial charge in [0.15, 0.2) is 0 Å². The highest BCUT2D eigenvalue weighted by Gasteiger charge is 2.28. The first-order chi connectivity index (χ1) is 12.1. The van der Waals surface area contributed by atoms with Gasteiger partial charge in [-0.1, -0.05) is 30.4 Å². The van der Waals surface area contributed by atoms with E-state index in [2.05, 4.69) is 17.5 Å². The molecule has 1 amide bonds. The van der Waals surface area contributed by atoms with E-state index in [1.165, 1.54) is 4.31 Å². The van der Waals surface area contributed by atoms with E-state index in [1.54, 1.807) is 24.3 Å². The van der Waals surface area contributed by atoms with E-state index < -0.39 is 10.0 Å². The molecule has 0 radical (unpaired) electrons. The zero-order chi connectivity index (χ0) is 17.7. The van der Waals surface area contributed by atoms with Gasteiger partial charge in [0, 0.05) is 26.1 Å². The van der Waals surface area contributed by atoms with Gasteiger partial charge in [-0.05, 0) is 30.4 Å². The van der Waals surface area contributed by atoms with E-state index in [1.807, 2.05) is 0 Å². The summed E-state index contributed by atoms with van der Waals surface area (Å²) in [5, 5.41) is 2.86. The van der Waals surface area contributed by atoms with Crippen molar-refractivity contribution < 1.29 is 17.9 Å². The molecular formula is C18H24N2O4S. The molecule has 3 rings (SSSR count). The Labute approximate surface area is 148 Å². The maximum atomic E-state index is 12.9. The Morgan fingerprint density at radius 3 is 2.72 bits per heavy atom. The highest BCUT2D eigenvalue weighted by Crippen LogP contribution is 2.22. The third kappa shape index (κ3) is 4.48. The number of carbonyl (C=O) groups excluding carboxylic acids is 1. The standard InChI is InChI=1S/C18H24N2O4S/c21-18(13-15-5-1-2-6-15)19-14-16-7-3-4-8-17(16)25(22,23)20-9-11-24-12-10-20/h1,3-5,7-8,15H,2,6,9-14H2,(H,19,21)/t15-/m1/s1. The van der Waals surface area contributed by atoms with Crippen molar-refractivity contribution in [1.29, 1.82) is 0 Å². The van der Waals surface area contributed by atoms with Gasteiger partial charge in [0.05, 0.1) is 18.1 Å². The molecule has 0 saturated carbocycles. The number of benzene rings is 1. The second kappa shape index (κ2) is 8.12. The molecule has 2 aliphatic rings. The number of rotatable bonds is 6. The van der Waals surface area contributed by atoms with Crippen LogP contribution in [0.2, 0.25) is 0 Å². The number of hydrogen-bond acceptors (Lipinski definition) is 4. The molecule has 1 heterocycles. The molecule has 1 aromatic rings. The second-order valence-electron chi connectivity index (χ2n) is 6.37. The molecular weight excluding hydrogens is 340 g/mol. The lowest BCUT2D eigenvalue weighted by Crippen LogP contribution is -2.41. The van der Waals surface area contributed by atoms with E-state index in [9.17, 15) is 13.2 Å². The van der Waals surface area contributed by atoms with Crippen LogP contribution in [0.1, 0.15) is 24.8 Å². The maximum Gasteiger partial charge on any atom is 0.243 e. The Morgan fingerprint density at radius 2 is 2.00 bits per heavy atom. The molecule has 1 aliphatic heterocycles. The van der Waals surface area contributed by atoms with Crippen molar-refractivity contribution in [3.05, 3.63) is 42.0 Å². The normalized spacial score (nSPS) is 21.4. The van der Waals surface area contributed by atoms with Crippen molar-refractivity contribution in [2.24, 2.45) is 5.92 Å². The minimum Gasteiger partial charge on any atom is -0.379 e. The molecule has 136 valence electrons. The summed E-state index contributed by atoms with van der Waals surface area (Å²) >= 11 is 0. The quantitative estimate of drug-likeness (QED) is 0.779. The second-order valence-corrected chi connectivity index (χ2v) is 8.28. The zero-order valence-corrected chi connectivity index (χ0v) is 15.0. The lowest BCUT2D eigenvalue weighted by Gasteiger charge is -2.27. The number of ether oxygens (including phenoxy) is 1. The van der Waals surface area contributed by atoms with E-state index in [0.29, 0.717) is 44.2 Å². The number of morpholine rings is 1. The summed E-state index contributed by atoms with van der Waals surface area (Å²) in [5.74, 6) is 0.252. The van der Waals surface area contributed by atoms with E-state index in [0.717, 1.165) is 12.8 Å². The summed E-state index contributed by atoms with van der Waals surface area (Å²) in [6.07, 6.45) is 6.67. The van der Waals surface area contributed by atoms with Crippen molar-refractivity contribution in [2.75, 3.05) is 26.3 Å². The fourth-order valence-corrected chi connectivity index (χ4v) is 4.83. The molecule has 1 aromatic carbocycles. The predicted octanol–water partition coefficient (Wildman–Crippen LogP) is 1.68. The number of amides is 1. The molecule has 7 heteroatoms. The highest BCUT2D eigenvalue weighted by molar-refractivity contribution is 7.89. The molecule has 1 aliphatic carbocycles. The summed E-state index contributed by atoms with van der Waals surface area (Å²) in [7, 11) is -3.57. The van der Waals surface area contributed by atoms with Crippen LogP contribution >= 0.6 is 0 Å². The first kappa shape index (κ1) is 18.1. The molecule has 1 N–H and O–H groups in total. The maximum absolute atomic E-state index is 12.9. The van der Waals surface area contributed by atoms with Crippen molar-refractivity contribution in [2.45, 2.75) is 30.7 Å². The van der Waals surface area contributed by atoms with Crippen LogP contribution in [0.15, 0.2) is 41.3 Å². The molecule has 0 spiro atoms. The molecule has 1 fully saturated rings. The van der Waals surface area contributed by atoms with Gasteiger partial charge in [0.2, 0.25) is 15.9 Å². The van der Waals surface area contributed by atoms with Gasteiger partial charge < -0.3 is 10.1 Å². The van der Waals surface area contributed by atoms with Gasteiger partial charge in [0.1, 0.15) is 0 Å². The third-order valence-corrected chi connectivity index (χ3v) is 6.60. The number of nitrogens with one attached hydrogen (secondary N) is 1. The molecule has 1 atom stereocenters. The Bertz CT molecular complexity index is 739. The SMILES string of the molecule is O=C(C[C@@H]1C=CCC1)NCc1ccccc1S(=O)(=O)N1CCOCC1. The summed E-state index contributed by atoms with van der Waals surface area (Å²) in [6.45, 7) is 1.75. The topological polar surface area (TPSA) is 75.7 Å². The summed E-state index contributed by atoms with van der Waals surface area (Å²) in [4.78, 5) is 12.4. The Balaban J connectivity index is 1.68. The van der Waals surface area contributed by atoms with E-state index in [4.69, 9.17) is 4.74 Å². The average Bonchev–Trinajstić information content (AvgIpc) is 3.14. The van der Waals surface area contributed by atoms with Crippen molar-refractivity contribution in [1.82, 2.24) is 9.62 Å². The Kier molecular flexibility index (Phi) is 5.88. The number of hydrogen-bond donors (Lipinski definition) is 1. The number of allylic oxidation sites excluding steroid dienone is 2. The Morgan fingerprint density at radius 1 is 1.24 bits per heavy atom. The third-order valence-electron chi connectivity index (χ3n) is 4.60. The van der Waals surface area contributed by atoms with Gasteiger partial charge in [-0.15, -0.1) is 0 Å². The zero-order valence-electron chi connectivity index (χ0n) is 14.2. The molecule has 0 aromatic heterocycles. The number of carbonyl (C=O) groups is 1. The van der Waals surface area contributed by atoms with Gasteiger partial charge in [-0.2, -0.15) is 4.31 Å².